The van der Waals surface area contributed by atoms with Crippen molar-refractivity contribution in [1.82, 2.24) is 19.3 Å². The van der Waals surface area contributed by atoms with Crippen LogP contribution in [-0.4, -0.2) is 31.7 Å². The van der Waals surface area contributed by atoms with Gasteiger partial charge in [0.1, 0.15) is 5.52 Å². The number of imidazole rings is 1. The summed E-state index contributed by atoms with van der Waals surface area (Å²) in [6.45, 7) is 2.58. The zero-order valence-corrected chi connectivity index (χ0v) is 10.4. The van der Waals surface area contributed by atoms with E-state index in [0.29, 0.717) is 17.8 Å². The molecule has 0 amide bonds. The van der Waals surface area contributed by atoms with Gasteiger partial charge in [-0.2, -0.15) is 13.9 Å². The Morgan fingerprint density at radius 1 is 1.37 bits per heavy atom. The second-order valence-corrected chi connectivity index (χ2v) is 4.19. The fourth-order valence-corrected chi connectivity index (χ4v) is 1.90. The van der Waals surface area contributed by atoms with Crippen LogP contribution in [0.1, 0.15) is 12.6 Å². The SMILES string of the molecule is CCn1nc(C)c2nc(N)n(CC(F)(F)C(F)F)c21. The number of aromatic nitrogens is 4. The van der Waals surface area contributed by atoms with Gasteiger partial charge in [0.05, 0.1) is 12.2 Å². The number of hydrogen-bond acceptors (Lipinski definition) is 3. The third-order valence-corrected chi connectivity index (χ3v) is 2.82. The van der Waals surface area contributed by atoms with E-state index in [4.69, 9.17) is 5.73 Å². The maximum absolute atomic E-state index is 13.2. The first kappa shape index (κ1) is 13.6. The number of fused-ring (bicyclic) bond motifs is 1. The number of nitrogens with two attached hydrogens (primary N) is 1. The number of halogens is 4. The molecule has 0 saturated heterocycles. The Balaban J connectivity index is 2.57. The summed E-state index contributed by atoms with van der Waals surface area (Å²) in [5, 5.41) is 4.09. The number of rotatable bonds is 4. The average Bonchev–Trinajstić information content (AvgIpc) is 2.78. The van der Waals surface area contributed by atoms with Crippen LogP contribution in [0.2, 0.25) is 0 Å². The van der Waals surface area contributed by atoms with E-state index >= 15 is 0 Å². The van der Waals surface area contributed by atoms with E-state index in [-0.39, 0.29) is 11.6 Å². The minimum atomic E-state index is -4.17. The van der Waals surface area contributed by atoms with E-state index in [1.54, 1.807) is 13.8 Å². The van der Waals surface area contributed by atoms with Crippen LogP contribution in [0.15, 0.2) is 0 Å². The number of anilines is 1. The van der Waals surface area contributed by atoms with Gasteiger partial charge in [0.15, 0.2) is 5.65 Å². The highest BCUT2D eigenvalue weighted by molar-refractivity contribution is 5.77. The Morgan fingerprint density at radius 3 is 2.53 bits per heavy atom. The van der Waals surface area contributed by atoms with Crippen LogP contribution in [-0.2, 0) is 13.1 Å². The summed E-state index contributed by atoms with van der Waals surface area (Å²) < 4.78 is 53.2. The first-order chi connectivity index (χ1) is 8.77. The molecule has 0 atom stereocenters. The number of aryl methyl sites for hydroxylation is 2. The van der Waals surface area contributed by atoms with Gasteiger partial charge < -0.3 is 5.73 Å². The highest BCUT2D eigenvalue weighted by Crippen LogP contribution is 2.29. The minimum Gasteiger partial charge on any atom is -0.369 e. The molecule has 0 saturated carbocycles. The standard InChI is InChI=1S/C10H13F4N5/c1-3-19-7-6(5(2)17-19)16-9(15)18(7)4-10(13,14)8(11)12/h8H,3-4H2,1-2H3,(H2,15,16). The highest BCUT2D eigenvalue weighted by Gasteiger charge is 2.42. The van der Waals surface area contributed by atoms with Crippen molar-refractivity contribution in [2.24, 2.45) is 0 Å². The molecule has 0 aliphatic heterocycles. The third-order valence-electron chi connectivity index (χ3n) is 2.82. The molecule has 0 aliphatic carbocycles. The van der Waals surface area contributed by atoms with Crippen molar-refractivity contribution in [2.45, 2.75) is 39.3 Å². The van der Waals surface area contributed by atoms with Crippen LogP contribution < -0.4 is 5.73 Å². The highest BCUT2D eigenvalue weighted by atomic mass is 19.3. The van der Waals surface area contributed by atoms with Crippen LogP contribution in [0.4, 0.5) is 23.5 Å². The number of nitrogens with zero attached hydrogens (tertiary/aromatic N) is 4. The van der Waals surface area contributed by atoms with Crippen molar-refractivity contribution in [3.05, 3.63) is 5.69 Å². The quantitative estimate of drug-likeness (QED) is 0.871. The van der Waals surface area contributed by atoms with E-state index < -0.39 is 18.9 Å². The summed E-state index contributed by atoms with van der Waals surface area (Å²) in [5.74, 6) is -4.39. The predicted molar refractivity (Wildman–Crippen MR) is 61.3 cm³/mol. The van der Waals surface area contributed by atoms with Gasteiger partial charge in [-0.15, -0.1) is 0 Å². The molecule has 2 aromatic rings. The fourth-order valence-electron chi connectivity index (χ4n) is 1.90. The molecular formula is C10H13F4N5. The molecule has 0 aromatic carbocycles. The molecule has 0 unspecified atom stereocenters. The molecular weight excluding hydrogens is 266 g/mol. The van der Waals surface area contributed by atoms with Crippen LogP contribution in [0.25, 0.3) is 11.2 Å². The average molecular weight is 279 g/mol. The molecule has 106 valence electrons. The van der Waals surface area contributed by atoms with Crippen molar-refractivity contribution >= 4 is 17.1 Å². The van der Waals surface area contributed by atoms with Crippen molar-refractivity contribution in [3.63, 3.8) is 0 Å². The molecule has 0 spiro atoms. The molecule has 0 fully saturated rings. The molecule has 2 rings (SSSR count). The van der Waals surface area contributed by atoms with E-state index in [1.165, 1.54) is 4.68 Å². The van der Waals surface area contributed by atoms with E-state index in [9.17, 15) is 17.6 Å². The van der Waals surface area contributed by atoms with Gasteiger partial charge in [-0.1, -0.05) is 0 Å². The minimum absolute atomic E-state index is 0.224. The zero-order chi connectivity index (χ0) is 14.4. The molecule has 0 aliphatic rings. The van der Waals surface area contributed by atoms with Crippen LogP contribution in [0.3, 0.4) is 0 Å². The zero-order valence-electron chi connectivity index (χ0n) is 10.4. The molecule has 5 nitrogen and oxygen atoms in total. The second kappa shape index (κ2) is 4.39. The first-order valence-electron chi connectivity index (χ1n) is 5.63. The molecule has 9 heteroatoms. The molecule has 19 heavy (non-hydrogen) atoms. The third kappa shape index (κ3) is 2.13. The Morgan fingerprint density at radius 2 is 2.00 bits per heavy atom. The summed E-state index contributed by atoms with van der Waals surface area (Å²) in [7, 11) is 0. The van der Waals surface area contributed by atoms with Crippen molar-refractivity contribution in [3.8, 4) is 0 Å². The molecule has 2 heterocycles. The van der Waals surface area contributed by atoms with Gasteiger partial charge in [-0.05, 0) is 13.8 Å². The van der Waals surface area contributed by atoms with Crippen molar-refractivity contribution in [1.29, 1.82) is 0 Å². The maximum Gasteiger partial charge on any atom is 0.325 e. The number of alkyl halides is 4. The van der Waals surface area contributed by atoms with E-state index in [0.717, 1.165) is 4.57 Å². The Kier molecular flexibility index (Phi) is 3.15. The van der Waals surface area contributed by atoms with Crippen LogP contribution in [0.5, 0.6) is 0 Å². The summed E-state index contributed by atoms with van der Waals surface area (Å²) in [6.07, 6.45) is -3.76. The van der Waals surface area contributed by atoms with Crippen molar-refractivity contribution < 1.29 is 17.6 Å². The predicted octanol–water partition coefficient (Wildman–Crippen LogP) is 2.04. The smallest absolute Gasteiger partial charge is 0.325 e. The van der Waals surface area contributed by atoms with Gasteiger partial charge >= 0.3 is 12.3 Å². The van der Waals surface area contributed by atoms with Gasteiger partial charge in [-0.25, -0.2) is 18.4 Å². The summed E-state index contributed by atoms with van der Waals surface area (Å²) in [6, 6.07) is 0. The fraction of sp³-hybridized carbons (Fsp3) is 0.600. The lowest BCUT2D eigenvalue weighted by molar-refractivity contribution is -0.137. The maximum atomic E-state index is 13.2. The Hall–Kier alpha value is -1.80. The topological polar surface area (TPSA) is 61.7 Å². The summed E-state index contributed by atoms with van der Waals surface area (Å²) >= 11 is 0. The monoisotopic (exact) mass is 279 g/mol. The van der Waals surface area contributed by atoms with Gasteiger partial charge in [0.2, 0.25) is 5.95 Å². The molecule has 0 radical (unpaired) electrons. The van der Waals surface area contributed by atoms with E-state index in [1.807, 2.05) is 0 Å². The lowest BCUT2D eigenvalue weighted by Gasteiger charge is -2.17. The molecule has 2 N–H and O–H groups in total. The normalized spacial score (nSPS) is 12.8. The first-order valence-corrected chi connectivity index (χ1v) is 5.63. The lowest BCUT2D eigenvalue weighted by atomic mass is 10.3. The molecule has 2 aromatic heterocycles. The van der Waals surface area contributed by atoms with Crippen LogP contribution in [0, 0.1) is 6.92 Å². The molecule has 0 bridgehead atoms. The lowest BCUT2D eigenvalue weighted by Crippen LogP contribution is -2.32. The Bertz CT molecular complexity index is 601. The van der Waals surface area contributed by atoms with Crippen LogP contribution >= 0.6 is 0 Å². The number of nitrogen functional groups attached to an aromatic ring is 1. The van der Waals surface area contributed by atoms with Gasteiger partial charge in [0, 0.05) is 6.54 Å². The second-order valence-electron chi connectivity index (χ2n) is 4.19. The van der Waals surface area contributed by atoms with E-state index in [2.05, 4.69) is 10.1 Å². The summed E-state index contributed by atoms with van der Waals surface area (Å²) in [5.41, 5.74) is 6.63. The van der Waals surface area contributed by atoms with Gasteiger partial charge in [0.25, 0.3) is 0 Å². The van der Waals surface area contributed by atoms with Gasteiger partial charge in [-0.3, -0.25) is 4.57 Å². The van der Waals surface area contributed by atoms with Crippen molar-refractivity contribution in [2.75, 3.05) is 5.73 Å². The largest absolute Gasteiger partial charge is 0.369 e. The summed E-state index contributed by atoms with van der Waals surface area (Å²) in [4.78, 5) is 3.90. The number of hydrogen-bond donors (Lipinski definition) is 1. The Labute approximate surface area is 106 Å².